The number of aryl methyl sites for hydroxylation is 2. The van der Waals surface area contributed by atoms with Crippen molar-refractivity contribution in [1.82, 2.24) is 0 Å². The third-order valence-corrected chi connectivity index (χ3v) is 3.74. The number of esters is 1. The van der Waals surface area contributed by atoms with E-state index >= 15 is 0 Å². The van der Waals surface area contributed by atoms with Crippen LogP contribution in [0.15, 0.2) is 58.8 Å². The van der Waals surface area contributed by atoms with Crippen molar-refractivity contribution in [1.29, 1.82) is 0 Å². The second kappa shape index (κ2) is 12.6. The van der Waals surface area contributed by atoms with Crippen molar-refractivity contribution in [3.8, 4) is 0 Å². The Morgan fingerprint density at radius 3 is 1.87 bits per heavy atom. The average molecular weight is 414 g/mol. The van der Waals surface area contributed by atoms with Crippen LogP contribution in [0.4, 0.5) is 0 Å². The van der Waals surface area contributed by atoms with Gasteiger partial charge in [-0.3, -0.25) is 4.79 Å². The molecule has 30 heavy (non-hydrogen) atoms. The zero-order valence-electron chi connectivity index (χ0n) is 17.2. The summed E-state index contributed by atoms with van der Waals surface area (Å²) >= 11 is 0. The molecule has 0 saturated carbocycles. The zero-order valence-corrected chi connectivity index (χ0v) is 17.2. The SMILES string of the molecule is COC(=O)CCC(=O)O/N=C(\N)c1cccc(C)c1.Cc1cccc(C(N)=NO)c1. The maximum atomic E-state index is 11.3. The molecule has 0 atom stereocenters. The summed E-state index contributed by atoms with van der Waals surface area (Å²) in [6.07, 6.45) is -0.146. The highest BCUT2D eigenvalue weighted by Crippen LogP contribution is 2.04. The summed E-state index contributed by atoms with van der Waals surface area (Å²) < 4.78 is 4.40. The summed E-state index contributed by atoms with van der Waals surface area (Å²) in [4.78, 5) is 26.7. The summed E-state index contributed by atoms with van der Waals surface area (Å²) in [7, 11) is 1.25. The number of nitrogens with two attached hydrogens (primary N) is 2. The molecule has 2 rings (SSSR count). The standard InChI is InChI=1S/C13H16N2O4.C8H10N2O/c1-9-4-3-5-10(8-9)13(14)15-19-12(17)7-6-11(16)18-2;1-6-3-2-4-7(5-6)8(9)10-11/h3-5,8H,6-7H2,1-2H3,(H2,14,15);2-5,11H,1H3,(H2,9,10). The number of rotatable bonds is 6. The van der Waals surface area contributed by atoms with Crippen LogP contribution in [0.2, 0.25) is 0 Å². The molecule has 0 aliphatic heterocycles. The van der Waals surface area contributed by atoms with Crippen molar-refractivity contribution in [3.05, 3.63) is 70.8 Å². The number of benzene rings is 2. The molecule has 0 fully saturated rings. The largest absolute Gasteiger partial charge is 0.469 e. The quantitative estimate of drug-likeness (QED) is 0.164. The molecule has 9 heteroatoms. The van der Waals surface area contributed by atoms with E-state index < -0.39 is 11.9 Å². The molecule has 0 heterocycles. The van der Waals surface area contributed by atoms with E-state index in [0.717, 1.165) is 16.7 Å². The first-order valence-electron chi connectivity index (χ1n) is 8.98. The number of ether oxygens (including phenoxy) is 1. The highest BCUT2D eigenvalue weighted by Gasteiger charge is 2.08. The number of amidine groups is 2. The number of oxime groups is 2. The minimum Gasteiger partial charge on any atom is -0.469 e. The summed E-state index contributed by atoms with van der Waals surface area (Å²) in [5, 5.41) is 14.8. The Morgan fingerprint density at radius 2 is 1.40 bits per heavy atom. The van der Waals surface area contributed by atoms with E-state index in [2.05, 4.69) is 19.9 Å². The van der Waals surface area contributed by atoms with Gasteiger partial charge in [0.2, 0.25) is 0 Å². The number of hydrogen-bond acceptors (Lipinski definition) is 7. The molecule has 0 aliphatic rings. The highest BCUT2D eigenvalue weighted by molar-refractivity contribution is 5.97. The van der Waals surface area contributed by atoms with E-state index in [0.29, 0.717) is 5.56 Å². The van der Waals surface area contributed by atoms with Gasteiger partial charge in [0, 0.05) is 11.1 Å². The first-order chi connectivity index (χ1) is 14.3. The minimum atomic E-state index is -0.638. The van der Waals surface area contributed by atoms with Gasteiger partial charge in [-0.05, 0) is 26.0 Å². The molecule has 0 aliphatic carbocycles. The second-order valence-corrected chi connectivity index (χ2v) is 6.24. The van der Waals surface area contributed by atoms with E-state index in [1.165, 1.54) is 7.11 Å². The van der Waals surface area contributed by atoms with Crippen LogP contribution in [0.3, 0.4) is 0 Å². The van der Waals surface area contributed by atoms with E-state index in [1.807, 2.05) is 50.2 Å². The predicted octanol–water partition coefficient (Wildman–Crippen LogP) is 2.20. The van der Waals surface area contributed by atoms with Crippen molar-refractivity contribution >= 4 is 23.6 Å². The van der Waals surface area contributed by atoms with Crippen LogP contribution in [0, 0.1) is 13.8 Å². The normalized spacial score (nSPS) is 11.2. The molecule has 2 aromatic rings. The number of nitrogens with zero attached hydrogens (tertiary/aromatic N) is 2. The minimum absolute atomic E-state index is 0.0464. The summed E-state index contributed by atoms with van der Waals surface area (Å²) in [5.41, 5.74) is 14.6. The van der Waals surface area contributed by atoms with Crippen molar-refractivity contribution in [2.75, 3.05) is 7.11 Å². The summed E-state index contributed by atoms with van der Waals surface area (Å²) in [6, 6.07) is 14.8. The molecule has 0 bridgehead atoms. The van der Waals surface area contributed by atoms with Gasteiger partial charge in [-0.1, -0.05) is 57.8 Å². The van der Waals surface area contributed by atoms with Crippen LogP contribution in [0.5, 0.6) is 0 Å². The maximum absolute atomic E-state index is 11.3. The van der Waals surface area contributed by atoms with Crippen LogP contribution in [-0.2, 0) is 19.2 Å². The van der Waals surface area contributed by atoms with E-state index in [-0.39, 0.29) is 24.5 Å². The van der Waals surface area contributed by atoms with Gasteiger partial charge < -0.3 is 26.2 Å². The van der Waals surface area contributed by atoms with E-state index in [9.17, 15) is 9.59 Å². The third kappa shape index (κ3) is 8.87. The van der Waals surface area contributed by atoms with Crippen LogP contribution < -0.4 is 11.5 Å². The Kier molecular flexibility index (Phi) is 10.1. The molecule has 0 amide bonds. The third-order valence-electron chi connectivity index (χ3n) is 3.74. The fraction of sp³-hybridized carbons (Fsp3) is 0.238. The van der Waals surface area contributed by atoms with Gasteiger partial charge in [-0.2, -0.15) is 0 Å². The van der Waals surface area contributed by atoms with Gasteiger partial charge in [0.05, 0.1) is 20.0 Å². The molecule has 0 spiro atoms. The van der Waals surface area contributed by atoms with Crippen LogP contribution in [-0.4, -0.2) is 35.9 Å². The first kappa shape index (κ1) is 24.2. The molecular weight excluding hydrogens is 388 g/mol. The molecule has 0 unspecified atom stereocenters. The topological polar surface area (TPSA) is 150 Å². The predicted molar refractivity (Wildman–Crippen MR) is 113 cm³/mol. The van der Waals surface area contributed by atoms with Gasteiger partial charge in [-0.15, -0.1) is 0 Å². The molecule has 160 valence electrons. The smallest absolute Gasteiger partial charge is 0.335 e. The highest BCUT2D eigenvalue weighted by atomic mass is 16.7. The molecular formula is C21H26N4O5. The van der Waals surface area contributed by atoms with Crippen molar-refractivity contribution in [2.45, 2.75) is 26.7 Å². The molecule has 0 radical (unpaired) electrons. The second-order valence-electron chi connectivity index (χ2n) is 6.24. The molecule has 9 nitrogen and oxygen atoms in total. The Hall–Kier alpha value is -3.88. The van der Waals surface area contributed by atoms with Crippen LogP contribution in [0.25, 0.3) is 0 Å². The fourth-order valence-corrected chi connectivity index (χ4v) is 2.17. The van der Waals surface area contributed by atoms with Gasteiger partial charge in [-0.25, -0.2) is 4.79 Å². The van der Waals surface area contributed by atoms with Crippen LogP contribution in [0.1, 0.15) is 35.1 Å². The Bertz CT molecular complexity index is 925. The van der Waals surface area contributed by atoms with Crippen molar-refractivity contribution in [3.63, 3.8) is 0 Å². The lowest BCUT2D eigenvalue weighted by Crippen LogP contribution is -2.15. The summed E-state index contributed by atoms with van der Waals surface area (Å²) in [6.45, 7) is 3.87. The van der Waals surface area contributed by atoms with E-state index in [4.69, 9.17) is 16.7 Å². The lowest BCUT2D eigenvalue weighted by atomic mass is 10.1. The average Bonchev–Trinajstić information content (AvgIpc) is 2.75. The van der Waals surface area contributed by atoms with Gasteiger partial charge in [0.1, 0.15) is 0 Å². The Balaban J connectivity index is 0.000000346. The molecule has 2 aromatic carbocycles. The Labute approximate surface area is 175 Å². The number of carbonyl (C=O) groups is 2. The van der Waals surface area contributed by atoms with Gasteiger partial charge >= 0.3 is 11.9 Å². The molecule has 0 aromatic heterocycles. The van der Waals surface area contributed by atoms with Gasteiger partial charge in [0.25, 0.3) is 0 Å². The molecule has 0 saturated heterocycles. The fourth-order valence-electron chi connectivity index (χ4n) is 2.17. The summed E-state index contributed by atoms with van der Waals surface area (Å²) in [5.74, 6) is -0.864. The number of hydrogen-bond donors (Lipinski definition) is 3. The lowest BCUT2D eigenvalue weighted by molar-refractivity contribution is -0.148. The maximum Gasteiger partial charge on any atom is 0.335 e. The number of methoxy groups -OCH3 is 1. The van der Waals surface area contributed by atoms with Crippen molar-refractivity contribution < 1.29 is 24.4 Å². The monoisotopic (exact) mass is 414 g/mol. The van der Waals surface area contributed by atoms with Crippen molar-refractivity contribution in [2.24, 2.45) is 21.8 Å². The zero-order chi connectivity index (χ0) is 22.5. The van der Waals surface area contributed by atoms with Gasteiger partial charge in [0.15, 0.2) is 11.7 Å². The Morgan fingerprint density at radius 1 is 0.900 bits per heavy atom. The van der Waals surface area contributed by atoms with Crippen LogP contribution >= 0.6 is 0 Å². The molecule has 5 N–H and O–H groups in total. The first-order valence-corrected chi connectivity index (χ1v) is 8.98. The van der Waals surface area contributed by atoms with E-state index in [1.54, 1.807) is 12.1 Å². The number of carbonyl (C=O) groups excluding carboxylic acids is 2. The lowest BCUT2D eigenvalue weighted by Gasteiger charge is -2.02.